The Balaban J connectivity index is 1.55. The summed E-state index contributed by atoms with van der Waals surface area (Å²) in [5.74, 6) is 0.979. The number of unbranched alkanes of at least 4 members (excludes halogenated alkanes) is 2. The lowest BCUT2D eigenvalue weighted by atomic mass is 10.0. The number of nitrogens with one attached hydrogen (secondary N) is 3. The van der Waals surface area contributed by atoms with Crippen molar-refractivity contribution in [3.8, 4) is 17.0 Å². The second-order valence-corrected chi connectivity index (χ2v) is 10.4. The zero-order chi connectivity index (χ0) is 29.5. The van der Waals surface area contributed by atoms with E-state index in [9.17, 15) is 14.0 Å². The summed E-state index contributed by atoms with van der Waals surface area (Å²) in [7, 11) is 1.61. The highest BCUT2D eigenvalue weighted by Crippen LogP contribution is 2.29. The third-order valence-corrected chi connectivity index (χ3v) is 7.43. The highest BCUT2D eigenvalue weighted by Gasteiger charge is 2.21. The number of Topliss-reactive ketones (excluding diaryl/α,β-unsaturated/α-hetero) is 1. The van der Waals surface area contributed by atoms with Gasteiger partial charge in [-0.05, 0) is 67.3 Å². The number of rotatable bonds is 14. The number of hydrogen-bond donors (Lipinski definition) is 5. The van der Waals surface area contributed by atoms with Crippen LogP contribution in [0.25, 0.3) is 22.2 Å². The van der Waals surface area contributed by atoms with Crippen LogP contribution in [-0.4, -0.2) is 33.8 Å². The van der Waals surface area contributed by atoms with Crippen LogP contribution in [0.3, 0.4) is 0 Å². The van der Waals surface area contributed by atoms with Crippen molar-refractivity contribution in [1.82, 2.24) is 20.3 Å². The molecule has 2 aromatic heterocycles. The van der Waals surface area contributed by atoms with Crippen LogP contribution in [-0.2, 0) is 16.0 Å². The maximum Gasteiger partial charge on any atom is 0.225 e. The van der Waals surface area contributed by atoms with E-state index in [-0.39, 0.29) is 18.1 Å². The van der Waals surface area contributed by atoms with E-state index >= 15 is 0 Å². The molecule has 0 saturated heterocycles. The third kappa shape index (κ3) is 7.39. The highest BCUT2D eigenvalue weighted by atomic mass is 19.1. The lowest BCUT2D eigenvalue weighted by molar-refractivity contribution is -0.121. The van der Waals surface area contributed by atoms with Gasteiger partial charge in [0.1, 0.15) is 23.2 Å². The molecule has 7 N–H and O–H groups in total. The molecule has 10 heteroatoms. The predicted molar refractivity (Wildman–Crippen MR) is 158 cm³/mol. The second-order valence-electron chi connectivity index (χ2n) is 10.4. The van der Waals surface area contributed by atoms with Gasteiger partial charge in [0.05, 0.1) is 37.6 Å². The quantitative estimate of drug-likeness (QED) is 0.104. The predicted octanol–water partition coefficient (Wildman–Crippen LogP) is 5.26. The summed E-state index contributed by atoms with van der Waals surface area (Å²) in [4.78, 5) is 36.3. The fraction of sp³-hybridized carbons (Fsp3) is 0.387. The third-order valence-electron chi connectivity index (χ3n) is 7.43. The number of hydrogen-bond acceptors (Lipinski definition) is 6. The van der Waals surface area contributed by atoms with Crippen LogP contribution in [0.1, 0.15) is 80.3 Å². The molecule has 9 nitrogen and oxygen atoms in total. The molecule has 0 aliphatic carbocycles. The van der Waals surface area contributed by atoms with Crippen LogP contribution in [0.4, 0.5) is 4.39 Å². The molecule has 0 aliphatic rings. The first-order valence-corrected chi connectivity index (χ1v) is 14.0. The Labute approximate surface area is 239 Å². The Morgan fingerprint density at radius 1 is 1.10 bits per heavy atom. The van der Waals surface area contributed by atoms with Gasteiger partial charge >= 0.3 is 0 Å². The van der Waals surface area contributed by atoms with Crippen LogP contribution < -0.4 is 21.5 Å². The molecular formula is C31H39FN6O3. The standard InChI is InChI=1S/C31H39FN6O3/c1-4-20(39)8-6-5-7-9-27(31-35-17-28(38-31)22-12-10-19(32)14-25(22)30(33)34)37-29(40)16-23-18(2)36-26-13-11-21(41-3)15-24(23)26/h10-15,17,27,30,36H,4-9,16,33-34H2,1-3H3,(H,35,38)(H,37,40)/t27-/m0/s1. The van der Waals surface area contributed by atoms with Gasteiger partial charge < -0.3 is 31.5 Å². The first-order valence-electron chi connectivity index (χ1n) is 14.0. The van der Waals surface area contributed by atoms with Crippen molar-refractivity contribution >= 4 is 22.6 Å². The molecule has 0 unspecified atom stereocenters. The minimum Gasteiger partial charge on any atom is -0.497 e. The molecule has 1 atom stereocenters. The molecule has 41 heavy (non-hydrogen) atoms. The Morgan fingerprint density at radius 3 is 2.63 bits per heavy atom. The van der Waals surface area contributed by atoms with Gasteiger partial charge in [0.25, 0.3) is 0 Å². The second kappa shape index (κ2) is 13.6. The summed E-state index contributed by atoms with van der Waals surface area (Å²) in [5, 5.41) is 4.10. The topological polar surface area (TPSA) is 152 Å². The van der Waals surface area contributed by atoms with E-state index in [1.165, 1.54) is 12.1 Å². The number of aromatic amines is 2. The van der Waals surface area contributed by atoms with E-state index in [0.717, 1.165) is 47.2 Å². The fourth-order valence-electron chi connectivity index (χ4n) is 5.13. The van der Waals surface area contributed by atoms with Crippen molar-refractivity contribution in [2.75, 3.05) is 7.11 Å². The lowest BCUT2D eigenvalue weighted by Crippen LogP contribution is -2.30. The van der Waals surface area contributed by atoms with Crippen LogP contribution in [0.5, 0.6) is 5.75 Å². The van der Waals surface area contributed by atoms with Gasteiger partial charge in [0, 0.05) is 35.0 Å². The summed E-state index contributed by atoms with van der Waals surface area (Å²) in [6.07, 6.45) is 5.16. The van der Waals surface area contributed by atoms with Gasteiger partial charge in [-0.3, -0.25) is 9.59 Å². The summed E-state index contributed by atoms with van der Waals surface area (Å²) in [6.45, 7) is 3.82. The fourth-order valence-corrected chi connectivity index (χ4v) is 5.13. The van der Waals surface area contributed by atoms with E-state index < -0.39 is 18.0 Å². The number of H-pyrrole nitrogens is 2. The SMILES string of the molecule is CCC(=O)CCCCC[C@H](NC(=O)Cc1c(C)[nH]c2ccc(OC)cc12)c1ncc(-c2ccc(F)cc2C(N)N)[nH]1. The van der Waals surface area contributed by atoms with E-state index in [4.69, 9.17) is 16.2 Å². The summed E-state index contributed by atoms with van der Waals surface area (Å²) in [5.41, 5.74) is 16.3. The smallest absolute Gasteiger partial charge is 0.225 e. The lowest BCUT2D eigenvalue weighted by Gasteiger charge is -2.17. The van der Waals surface area contributed by atoms with E-state index in [1.54, 1.807) is 19.4 Å². The van der Waals surface area contributed by atoms with Crippen molar-refractivity contribution in [3.63, 3.8) is 0 Å². The Bertz CT molecular complexity index is 1510. The maximum atomic E-state index is 13.9. The van der Waals surface area contributed by atoms with Crippen molar-refractivity contribution in [2.24, 2.45) is 11.5 Å². The number of aromatic nitrogens is 3. The highest BCUT2D eigenvalue weighted by molar-refractivity contribution is 5.91. The molecule has 4 rings (SSSR count). The number of carbonyl (C=O) groups excluding carboxylic acids is 2. The number of nitrogens with zero attached hydrogens (tertiary/aromatic N) is 1. The normalized spacial score (nSPS) is 12.2. The number of imidazole rings is 1. The zero-order valence-corrected chi connectivity index (χ0v) is 23.9. The van der Waals surface area contributed by atoms with Crippen molar-refractivity contribution in [3.05, 3.63) is 71.1 Å². The average Bonchev–Trinajstić information content (AvgIpc) is 3.56. The first-order chi connectivity index (χ1) is 19.7. The number of aryl methyl sites for hydroxylation is 1. The molecule has 0 spiro atoms. The minimum atomic E-state index is -0.869. The maximum absolute atomic E-state index is 13.9. The average molecular weight is 563 g/mol. The zero-order valence-electron chi connectivity index (χ0n) is 23.9. The molecular weight excluding hydrogens is 523 g/mol. The van der Waals surface area contributed by atoms with Crippen molar-refractivity contribution in [2.45, 2.75) is 71.0 Å². The monoisotopic (exact) mass is 562 g/mol. The number of ether oxygens (including phenoxy) is 1. The summed E-state index contributed by atoms with van der Waals surface area (Å²) >= 11 is 0. The number of fused-ring (bicyclic) bond motifs is 1. The Morgan fingerprint density at radius 2 is 1.90 bits per heavy atom. The largest absolute Gasteiger partial charge is 0.497 e. The molecule has 0 aliphatic heterocycles. The number of halogens is 1. The van der Waals surface area contributed by atoms with E-state index in [2.05, 4.69) is 20.3 Å². The molecule has 2 heterocycles. The Hall–Kier alpha value is -4.02. The van der Waals surface area contributed by atoms with Crippen LogP contribution >= 0.6 is 0 Å². The number of nitrogens with two attached hydrogens (primary N) is 2. The summed E-state index contributed by atoms with van der Waals surface area (Å²) in [6, 6.07) is 9.63. The van der Waals surface area contributed by atoms with Gasteiger partial charge in [-0.15, -0.1) is 0 Å². The van der Waals surface area contributed by atoms with Gasteiger partial charge in [0.2, 0.25) is 5.91 Å². The number of methoxy groups -OCH3 is 1. The van der Waals surface area contributed by atoms with Crippen molar-refractivity contribution in [1.29, 1.82) is 0 Å². The van der Waals surface area contributed by atoms with Crippen LogP contribution in [0, 0.1) is 12.7 Å². The number of carbonyl (C=O) groups is 2. The minimum absolute atomic E-state index is 0.146. The number of amides is 1. The van der Waals surface area contributed by atoms with Gasteiger partial charge in [0.15, 0.2) is 0 Å². The molecule has 0 bridgehead atoms. The van der Waals surface area contributed by atoms with E-state index in [0.29, 0.717) is 41.9 Å². The van der Waals surface area contributed by atoms with Crippen molar-refractivity contribution < 1.29 is 18.7 Å². The Kier molecular flexibility index (Phi) is 9.91. The molecule has 1 amide bonds. The van der Waals surface area contributed by atoms with Gasteiger partial charge in [-0.1, -0.05) is 19.8 Å². The van der Waals surface area contributed by atoms with Crippen LogP contribution in [0.2, 0.25) is 0 Å². The summed E-state index contributed by atoms with van der Waals surface area (Å²) < 4.78 is 19.3. The van der Waals surface area contributed by atoms with Crippen LogP contribution in [0.15, 0.2) is 42.6 Å². The molecule has 0 fully saturated rings. The molecule has 4 aromatic rings. The first kappa shape index (κ1) is 30.0. The molecule has 0 radical (unpaired) electrons. The number of ketones is 1. The van der Waals surface area contributed by atoms with E-state index in [1.807, 2.05) is 32.0 Å². The van der Waals surface area contributed by atoms with Gasteiger partial charge in [-0.25, -0.2) is 9.37 Å². The molecule has 218 valence electrons. The molecule has 2 aromatic carbocycles. The molecule has 0 saturated carbocycles. The number of benzene rings is 2. The van der Waals surface area contributed by atoms with Gasteiger partial charge in [-0.2, -0.15) is 0 Å².